The fourth-order valence-corrected chi connectivity index (χ4v) is 8.50. The Morgan fingerprint density at radius 2 is 1.83 bits per heavy atom. The van der Waals surface area contributed by atoms with E-state index in [1.165, 1.54) is 44.1 Å². The number of allylic oxidation sites excluding steroid dienone is 1. The molecule has 9 atom stereocenters. The minimum Gasteiger partial charge on any atom is -0.393 e. The van der Waals surface area contributed by atoms with Gasteiger partial charge < -0.3 is 10.2 Å². The van der Waals surface area contributed by atoms with Crippen LogP contribution in [0, 0.1) is 46.3 Å². The number of aliphatic hydroxyl groups is 2. The van der Waals surface area contributed by atoms with E-state index in [0.717, 1.165) is 37.0 Å². The fraction of sp³-hybridized carbons (Fsp3) is 0.857. The second-order valence-electron chi connectivity index (χ2n) is 12.3. The third kappa shape index (κ3) is 3.54. The maximum absolute atomic E-state index is 11.1. The first-order chi connectivity index (χ1) is 14.1. The van der Waals surface area contributed by atoms with Crippen molar-refractivity contribution in [1.29, 1.82) is 0 Å². The monoisotopic (exact) mass is 414 g/mol. The second kappa shape index (κ2) is 8.07. The quantitative estimate of drug-likeness (QED) is 0.502. The number of hydrogen-bond donors (Lipinski definition) is 2. The molecule has 4 aliphatic rings. The van der Waals surface area contributed by atoms with Crippen molar-refractivity contribution in [2.45, 2.75) is 105 Å². The zero-order valence-corrected chi connectivity index (χ0v) is 20.2. The Hall–Kier alpha value is -0.600. The van der Waals surface area contributed by atoms with E-state index in [9.17, 15) is 10.2 Å². The molecule has 170 valence electrons. The van der Waals surface area contributed by atoms with Crippen molar-refractivity contribution >= 4 is 0 Å². The third-order valence-corrected chi connectivity index (χ3v) is 10.7. The largest absolute Gasteiger partial charge is 0.393 e. The van der Waals surface area contributed by atoms with Crippen LogP contribution in [0.5, 0.6) is 0 Å². The molecule has 0 amide bonds. The molecule has 0 heterocycles. The highest BCUT2D eigenvalue weighted by atomic mass is 16.3. The van der Waals surface area contributed by atoms with Crippen molar-refractivity contribution in [3.8, 4) is 0 Å². The molecule has 0 spiro atoms. The molecular weight excluding hydrogens is 368 g/mol. The molecule has 0 aliphatic heterocycles. The minimum atomic E-state index is -0.256. The predicted octanol–water partition coefficient (Wildman–Crippen LogP) is 6.53. The normalized spacial score (nSPS) is 45.2. The van der Waals surface area contributed by atoms with Gasteiger partial charge in [0.2, 0.25) is 0 Å². The molecule has 0 saturated heterocycles. The molecule has 3 fully saturated rings. The first kappa shape index (κ1) is 22.6. The van der Waals surface area contributed by atoms with E-state index in [2.05, 4.69) is 47.3 Å². The van der Waals surface area contributed by atoms with E-state index in [1.54, 1.807) is 5.57 Å². The molecule has 30 heavy (non-hydrogen) atoms. The maximum atomic E-state index is 11.1. The highest BCUT2D eigenvalue weighted by Crippen LogP contribution is 2.67. The van der Waals surface area contributed by atoms with Crippen LogP contribution in [0.3, 0.4) is 0 Å². The number of aliphatic hydroxyl groups excluding tert-OH is 2. The molecule has 0 aromatic carbocycles. The van der Waals surface area contributed by atoms with Gasteiger partial charge >= 0.3 is 0 Å². The predicted molar refractivity (Wildman–Crippen MR) is 125 cm³/mol. The van der Waals surface area contributed by atoms with Crippen molar-refractivity contribution in [1.82, 2.24) is 0 Å². The zero-order chi connectivity index (χ0) is 21.8. The zero-order valence-electron chi connectivity index (χ0n) is 20.2. The average Bonchev–Trinajstić information content (AvgIpc) is 3.04. The molecule has 3 saturated carbocycles. The summed E-state index contributed by atoms with van der Waals surface area (Å²) in [6.07, 6.45) is 12.5. The molecule has 2 nitrogen and oxygen atoms in total. The van der Waals surface area contributed by atoms with Crippen LogP contribution in [0.25, 0.3) is 0 Å². The smallest absolute Gasteiger partial charge is 0.0605 e. The maximum Gasteiger partial charge on any atom is 0.0605 e. The average molecular weight is 415 g/mol. The van der Waals surface area contributed by atoms with E-state index >= 15 is 0 Å². The van der Waals surface area contributed by atoms with Gasteiger partial charge in [0.1, 0.15) is 0 Å². The van der Waals surface area contributed by atoms with Crippen molar-refractivity contribution in [2.24, 2.45) is 46.3 Å². The van der Waals surface area contributed by atoms with Crippen LogP contribution in [-0.4, -0.2) is 22.4 Å². The minimum absolute atomic E-state index is 0.117. The van der Waals surface area contributed by atoms with E-state index in [1.807, 2.05) is 0 Å². The lowest BCUT2D eigenvalue weighted by molar-refractivity contribution is -0.0672. The Morgan fingerprint density at radius 1 is 1.10 bits per heavy atom. The van der Waals surface area contributed by atoms with Gasteiger partial charge in [-0.1, -0.05) is 58.4 Å². The molecule has 0 aromatic rings. The van der Waals surface area contributed by atoms with Gasteiger partial charge in [0, 0.05) is 0 Å². The molecule has 4 aliphatic carbocycles. The van der Waals surface area contributed by atoms with Gasteiger partial charge in [0.15, 0.2) is 0 Å². The van der Waals surface area contributed by atoms with Gasteiger partial charge in [-0.25, -0.2) is 0 Å². The van der Waals surface area contributed by atoms with Crippen LogP contribution in [0.2, 0.25) is 0 Å². The Labute approximate surface area is 185 Å². The van der Waals surface area contributed by atoms with Gasteiger partial charge in [0.05, 0.1) is 12.2 Å². The van der Waals surface area contributed by atoms with Gasteiger partial charge in [-0.05, 0) is 104 Å². The van der Waals surface area contributed by atoms with Crippen LogP contribution in [0.1, 0.15) is 92.4 Å². The van der Waals surface area contributed by atoms with Crippen LogP contribution < -0.4 is 0 Å². The van der Waals surface area contributed by atoms with E-state index < -0.39 is 0 Å². The fourth-order valence-electron chi connectivity index (χ4n) is 8.50. The molecule has 2 heteroatoms. The highest BCUT2D eigenvalue weighted by Gasteiger charge is 2.59. The van der Waals surface area contributed by atoms with Crippen molar-refractivity contribution in [3.63, 3.8) is 0 Å². The summed E-state index contributed by atoms with van der Waals surface area (Å²) in [7, 11) is 0. The first-order valence-electron chi connectivity index (χ1n) is 12.8. The standard InChI is InChI=1S/C28H46O2/c1-17(2)18(3)15-26(30)19(4)23-9-10-24-22-8-7-20-16-21(29)11-13-27(20,5)25(22)12-14-28(23,24)6/h7,17,19,21-26,29-30H,3,8-16H2,1-2,4-6H3/t19-,21+,22+,23+,24-,25+,26+,27+,28-/m1/s1. The molecule has 0 aromatic heterocycles. The van der Waals surface area contributed by atoms with E-state index in [-0.39, 0.29) is 12.2 Å². The van der Waals surface area contributed by atoms with E-state index in [0.29, 0.717) is 28.6 Å². The lowest BCUT2D eigenvalue weighted by Gasteiger charge is -2.58. The van der Waals surface area contributed by atoms with Gasteiger partial charge in [-0.3, -0.25) is 0 Å². The SMILES string of the molecule is C=C(C[C@H](O)[C@H](C)[C@@H]1CC[C@@H]2[C@@H]3CC=C4C[C@@H](O)CC[C@]4(C)[C@H]3CC[C@@]21C)C(C)C. The van der Waals surface area contributed by atoms with Gasteiger partial charge in [0.25, 0.3) is 0 Å². The summed E-state index contributed by atoms with van der Waals surface area (Å²) >= 11 is 0. The van der Waals surface area contributed by atoms with Crippen LogP contribution in [-0.2, 0) is 0 Å². The van der Waals surface area contributed by atoms with Crippen molar-refractivity contribution in [3.05, 3.63) is 23.8 Å². The highest BCUT2D eigenvalue weighted by molar-refractivity contribution is 5.25. The Bertz CT molecular complexity index is 693. The van der Waals surface area contributed by atoms with Crippen molar-refractivity contribution < 1.29 is 10.2 Å². The third-order valence-electron chi connectivity index (χ3n) is 10.7. The lowest BCUT2D eigenvalue weighted by atomic mass is 9.47. The van der Waals surface area contributed by atoms with Gasteiger partial charge in [-0.2, -0.15) is 0 Å². The lowest BCUT2D eigenvalue weighted by Crippen LogP contribution is -2.51. The summed E-state index contributed by atoms with van der Waals surface area (Å²) < 4.78 is 0. The summed E-state index contributed by atoms with van der Waals surface area (Å²) in [6, 6.07) is 0. The molecule has 0 unspecified atom stereocenters. The van der Waals surface area contributed by atoms with Crippen molar-refractivity contribution in [2.75, 3.05) is 0 Å². The summed E-state index contributed by atoms with van der Waals surface area (Å²) in [5, 5.41) is 21.3. The Kier molecular flexibility index (Phi) is 6.08. The topological polar surface area (TPSA) is 40.5 Å². The summed E-state index contributed by atoms with van der Waals surface area (Å²) in [4.78, 5) is 0. The number of hydrogen-bond acceptors (Lipinski definition) is 2. The molecule has 0 bridgehead atoms. The van der Waals surface area contributed by atoms with Gasteiger partial charge in [-0.15, -0.1) is 0 Å². The van der Waals surface area contributed by atoms with Crippen LogP contribution >= 0.6 is 0 Å². The second-order valence-corrected chi connectivity index (χ2v) is 12.3. The molecule has 2 N–H and O–H groups in total. The molecule has 0 radical (unpaired) electrons. The summed E-state index contributed by atoms with van der Waals surface area (Å²) in [5.74, 6) is 3.82. The van der Waals surface area contributed by atoms with Crippen LogP contribution in [0.4, 0.5) is 0 Å². The van der Waals surface area contributed by atoms with E-state index in [4.69, 9.17) is 0 Å². The number of rotatable bonds is 5. The first-order valence-corrected chi connectivity index (χ1v) is 12.8. The Morgan fingerprint density at radius 3 is 2.53 bits per heavy atom. The number of fused-ring (bicyclic) bond motifs is 5. The summed E-state index contributed by atoms with van der Waals surface area (Å²) in [6.45, 7) is 16.0. The van der Waals surface area contributed by atoms with Crippen LogP contribution in [0.15, 0.2) is 23.8 Å². The Balaban J connectivity index is 1.52. The summed E-state index contributed by atoms with van der Waals surface area (Å²) in [5.41, 5.74) is 3.45. The molecular formula is C28H46O2. The molecule has 4 rings (SSSR count).